The van der Waals surface area contributed by atoms with E-state index in [2.05, 4.69) is 16.0 Å². The molecule has 8 heteroatoms. The molecule has 0 aliphatic rings. The number of nitrogens with one attached hydrogen (secondary N) is 2. The highest BCUT2D eigenvalue weighted by Crippen LogP contribution is 2.30. The number of nitrogens with zero attached hydrogens (tertiary/aromatic N) is 2. The summed E-state index contributed by atoms with van der Waals surface area (Å²) in [5, 5.41) is 4.61. The molecule has 0 bridgehead atoms. The van der Waals surface area contributed by atoms with Crippen LogP contribution in [-0.4, -0.2) is 35.8 Å². The smallest absolute Gasteiger partial charge is 0.273 e. The van der Waals surface area contributed by atoms with Gasteiger partial charge in [0, 0.05) is 11.8 Å². The molecule has 8 nitrogen and oxygen atoms in total. The molecule has 4 rings (SSSR count). The highest BCUT2D eigenvalue weighted by atomic mass is 16.5. The summed E-state index contributed by atoms with van der Waals surface area (Å²) in [4.78, 5) is 25.8. The largest absolute Gasteiger partial charge is 0.493 e. The second-order valence-electron chi connectivity index (χ2n) is 6.99. The first-order chi connectivity index (χ1) is 16.1. The van der Waals surface area contributed by atoms with Gasteiger partial charge in [-0.2, -0.15) is 5.10 Å². The molecule has 0 saturated carbocycles. The molecule has 0 fully saturated rings. The molecule has 0 aliphatic carbocycles. The van der Waals surface area contributed by atoms with Crippen LogP contribution in [-0.2, 0) is 0 Å². The standard InChI is InChI=1S/C25H22N4O4/c1-32-21-15-9-14-19(23(21)33-2)24(30)26-27-25(31)20-16-29(18-12-7-4-8-13-18)28-22(20)17-10-5-3-6-11-17/h3-16H,1-2H3,(H,26,30)(H,27,31). The zero-order valence-corrected chi connectivity index (χ0v) is 18.1. The van der Waals surface area contributed by atoms with Crippen molar-refractivity contribution in [1.82, 2.24) is 20.6 Å². The van der Waals surface area contributed by atoms with Gasteiger partial charge in [0.15, 0.2) is 11.5 Å². The summed E-state index contributed by atoms with van der Waals surface area (Å²) in [6, 6.07) is 23.7. The number of methoxy groups -OCH3 is 2. The van der Waals surface area contributed by atoms with E-state index in [9.17, 15) is 9.59 Å². The topological polar surface area (TPSA) is 94.5 Å². The Morgan fingerprint density at radius 1 is 0.758 bits per heavy atom. The minimum atomic E-state index is -0.546. The normalized spacial score (nSPS) is 10.4. The number of carbonyl (C=O) groups excluding carboxylic acids is 2. The Labute approximate surface area is 190 Å². The van der Waals surface area contributed by atoms with Crippen LogP contribution in [0.2, 0.25) is 0 Å². The van der Waals surface area contributed by atoms with E-state index < -0.39 is 11.8 Å². The monoisotopic (exact) mass is 442 g/mol. The first kappa shape index (κ1) is 21.6. The van der Waals surface area contributed by atoms with E-state index in [1.54, 1.807) is 29.1 Å². The molecule has 33 heavy (non-hydrogen) atoms. The Kier molecular flexibility index (Phi) is 6.36. The summed E-state index contributed by atoms with van der Waals surface area (Å²) in [7, 11) is 2.92. The fourth-order valence-electron chi connectivity index (χ4n) is 3.38. The third-order valence-electron chi connectivity index (χ3n) is 4.96. The van der Waals surface area contributed by atoms with Gasteiger partial charge >= 0.3 is 0 Å². The molecular formula is C25H22N4O4. The van der Waals surface area contributed by atoms with E-state index in [1.807, 2.05) is 60.7 Å². The van der Waals surface area contributed by atoms with Crippen molar-refractivity contribution >= 4 is 11.8 Å². The molecule has 1 aromatic heterocycles. The van der Waals surface area contributed by atoms with Crippen molar-refractivity contribution in [3.8, 4) is 28.4 Å². The van der Waals surface area contributed by atoms with E-state index in [4.69, 9.17) is 9.47 Å². The van der Waals surface area contributed by atoms with Crippen molar-refractivity contribution < 1.29 is 19.1 Å². The van der Waals surface area contributed by atoms with Crippen LogP contribution in [0.5, 0.6) is 11.5 Å². The first-order valence-electron chi connectivity index (χ1n) is 10.1. The molecule has 0 atom stereocenters. The molecule has 0 unspecified atom stereocenters. The van der Waals surface area contributed by atoms with Crippen molar-refractivity contribution in [3.05, 3.63) is 96.2 Å². The van der Waals surface area contributed by atoms with Gasteiger partial charge in [0.05, 0.1) is 31.0 Å². The van der Waals surface area contributed by atoms with Crippen molar-refractivity contribution in [2.24, 2.45) is 0 Å². The Bertz CT molecular complexity index is 1270. The number of hydrogen-bond donors (Lipinski definition) is 2. The molecule has 4 aromatic rings. The maximum atomic E-state index is 13.1. The lowest BCUT2D eigenvalue weighted by Gasteiger charge is -2.13. The van der Waals surface area contributed by atoms with E-state index in [-0.39, 0.29) is 11.3 Å². The van der Waals surface area contributed by atoms with Gasteiger partial charge in [-0.1, -0.05) is 54.6 Å². The van der Waals surface area contributed by atoms with Gasteiger partial charge in [-0.25, -0.2) is 4.68 Å². The highest BCUT2D eigenvalue weighted by molar-refractivity contribution is 6.03. The lowest BCUT2D eigenvalue weighted by molar-refractivity contribution is 0.0845. The predicted octanol–water partition coefficient (Wildman–Crippen LogP) is 3.63. The summed E-state index contributed by atoms with van der Waals surface area (Å²) >= 11 is 0. The molecule has 3 aromatic carbocycles. The summed E-state index contributed by atoms with van der Waals surface area (Å²) < 4.78 is 12.2. The fourth-order valence-corrected chi connectivity index (χ4v) is 3.38. The molecule has 166 valence electrons. The summed E-state index contributed by atoms with van der Waals surface area (Å²) in [5.74, 6) is -0.373. The Hall–Kier alpha value is -4.59. The number of ether oxygens (including phenoxy) is 2. The van der Waals surface area contributed by atoms with Gasteiger partial charge < -0.3 is 9.47 Å². The highest BCUT2D eigenvalue weighted by Gasteiger charge is 2.21. The van der Waals surface area contributed by atoms with Crippen LogP contribution in [0.15, 0.2) is 85.1 Å². The number of benzene rings is 3. The van der Waals surface area contributed by atoms with Gasteiger partial charge in [0.2, 0.25) is 0 Å². The Morgan fingerprint density at radius 3 is 2.03 bits per heavy atom. The van der Waals surface area contributed by atoms with Crippen LogP contribution >= 0.6 is 0 Å². The third kappa shape index (κ3) is 4.54. The first-order valence-corrected chi connectivity index (χ1v) is 10.1. The average molecular weight is 442 g/mol. The number of carbonyl (C=O) groups is 2. The molecular weight excluding hydrogens is 420 g/mol. The molecule has 0 aliphatic heterocycles. The maximum Gasteiger partial charge on any atom is 0.273 e. The van der Waals surface area contributed by atoms with E-state index in [1.165, 1.54) is 14.2 Å². The van der Waals surface area contributed by atoms with Crippen LogP contribution in [0.4, 0.5) is 0 Å². The number of hydrogen-bond acceptors (Lipinski definition) is 5. The van der Waals surface area contributed by atoms with Crippen molar-refractivity contribution in [2.45, 2.75) is 0 Å². The number of aromatic nitrogens is 2. The van der Waals surface area contributed by atoms with E-state index >= 15 is 0 Å². The van der Waals surface area contributed by atoms with Gasteiger partial charge in [-0.15, -0.1) is 0 Å². The third-order valence-corrected chi connectivity index (χ3v) is 4.96. The number of hydrazine groups is 1. The van der Waals surface area contributed by atoms with Crippen molar-refractivity contribution in [1.29, 1.82) is 0 Å². The Morgan fingerprint density at radius 2 is 1.39 bits per heavy atom. The van der Waals surface area contributed by atoms with Gasteiger partial charge in [-0.05, 0) is 24.3 Å². The molecule has 0 radical (unpaired) electrons. The van der Waals surface area contributed by atoms with E-state index in [0.29, 0.717) is 17.0 Å². The second kappa shape index (κ2) is 9.69. The molecule has 0 saturated heterocycles. The number of amides is 2. The van der Waals surface area contributed by atoms with Crippen molar-refractivity contribution in [3.63, 3.8) is 0 Å². The summed E-state index contributed by atoms with van der Waals surface area (Å²) in [6.07, 6.45) is 1.63. The van der Waals surface area contributed by atoms with Crippen LogP contribution < -0.4 is 20.3 Å². The molecule has 2 N–H and O–H groups in total. The minimum absolute atomic E-state index is 0.223. The average Bonchev–Trinajstić information content (AvgIpc) is 3.33. The molecule has 2 amide bonds. The van der Waals surface area contributed by atoms with Crippen LogP contribution in [0.3, 0.4) is 0 Å². The summed E-state index contributed by atoms with van der Waals surface area (Å²) in [5.41, 5.74) is 7.52. The zero-order valence-electron chi connectivity index (χ0n) is 18.1. The Balaban J connectivity index is 1.61. The number of para-hydroxylation sites is 2. The quantitative estimate of drug-likeness (QED) is 0.445. The van der Waals surface area contributed by atoms with Gasteiger partial charge in [-0.3, -0.25) is 20.4 Å². The minimum Gasteiger partial charge on any atom is -0.493 e. The fraction of sp³-hybridized carbons (Fsp3) is 0.0800. The van der Waals surface area contributed by atoms with E-state index in [0.717, 1.165) is 11.3 Å². The lowest BCUT2D eigenvalue weighted by atomic mass is 10.1. The van der Waals surface area contributed by atoms with Crippen LogP contribution in [0.25, 0.3) is 16.9 Å². The van der Waals surface area contributed by atoms with Gasteiger partial charge in [0.1, 0.15) is 5.69 Å². The maximum absolute atomic E-state index is 13.1. The summed E-state index contributed by atoms with van der Waals surface area (Å²) in [6.45, 7) is 0. The van der Waals surface area contributed by atoms with Gasteiger partial charge in [0.25, 0.3) is 11.8 Å². The molecule has 1 heterocycles. The van der Waals surface area contributed by atoms with Crippen LogP contribution in [0.1, 0.15) is 20.7 Å². The predicted molar refractivity (Wildman–Crippen MR) is 123 cm³/mol. The molecule has 0 spiro atoms. The SMILES string of the molecule is COc1cccc(C(=O)NNC(=O)c2cn(-c3ccccc3)nc2-c2ccccc2)c1OC. The number of rotatable bonds is 6. The zero-order chi connectivity index (χ0) is 23.2. The lowest BCUT2D eigenvalue weighted by Crippen LogP contribution is -2.41. The second-order valence-corrected chi connectivity index (χ2v) is 6.99. The van der Waals surface area contributed by atoms with Crippen LogP contribution in [0, 0.1) is 0 Å². The van der Waals surface area contributed by atoms with Crippen molar-refractivity contribution in [2.75, 3.05) is 14.2 Å².